The van der Waals surface area contributed by atoms with Crippen LogP contribution in [-0.2, 0) is 9.53 Å². The molecule has 0 aliphatic carbocycles. The summed E-state index contributed by atoms with van der Waals surface area (Å²) >= 11 is 0. The van der Waals surface area contributed by atoms with Crippen LogP contribution in [-0.4, -0.2) is 45.2 Å². The van der Waals surface area contributed by atoms with E-state index in [1.807, 2.05) is 31.1 Å². The van der Waals surface area contributed by atoms with Gasteiger partial charge in [-0.15, -0.1) is 0 Å². The molecule has 0 radical (unpaired) electrons. The number of nitrogens with zero attached hydrogens (tertiary/aromatic N) is 2. The van der Waals surface area contributed by atoms with Crippen molar-refractivity contribution in [2.45, 2.75) is 12.8 Å². The van der Waals surface area contributed by atoms with Gasteiger partial charge in [-0.1, -0.05) is 6.58 Å². The molecule has 0 saturated carbocycles. The maximum atomic E-state index is 12.6. The Balaban J connectivity index is 1.21. The number of carbonyl (C=O) groups is 3. The number of hydrogen-bond acceptors (Lipinski definition) is 9. The van der Waals surface area contributed by atoms with E-state index in [1.165, 1.54) is 0 Å². The summed E-state index contributed by atoms with van der Waals surface area (Å²) in [5.41, 5.74) is 1.74. The van der Waals surface area contributed by atoms with Gasteiger partial charge in [-0.2, -0.15) is 0 Å². The van der Waals surface area contributed by atoms with Crippen molar-refractivity contribution in [2.75, 3.05) is 32.2 Å². The van der Waals surface area contributed by atoms with Crippen molar-refractivity contribution < 1.29 is 42.9 Å². The van der Waals surface area contributed by atoms with E-state index in [1.54, 1.807) is 89.9 Å². The number of esters is 3. The maximum Gasteiger partial charge on any atom is 0.343 e. The highest BCUT2D eigenvalue weighted by atomic mass is 16.7. The zero-order valence-corrected chi connectivity index (χ0v) is 24.5. The monoisotopic (exact) mass is 597 g/mol. The lowest BCUT2D eigenvalue weighted by atomic mass is 10.2. The van der Waals surface area contributed by atoms with Crippen molar-refractivity contribution in [3.8, 4) is 23.0 Å². The van der Waals surface area contributed by atoms with Crippen LogP contribution in [0, 0.1) is 0 Å². The van der Waals surface area contributed by atoms with Gasteiger partial charge in [0.15, 0.2) is 0 Å². The van der Waals surface area contributed by atoms with E-state index in [-0.39, 0.29) is 0 Å². The van der Waals surface area contributed by atoms with Gasteiger partial charge >= 0.3 is 17.9 Å². The topological polar surface area (TPSA) is 104 Å². The van der Waals surface area contributed by atoms with Crippen LogP contribution in [0.4, 0.5) is 5.69 Å². The standard InChI is InChI=1S/C34H33N2O8/c1-4-32(37)41-24-6-5-23-40-28-11-7-25(8-12-28)33(38)42-29-15-17-30(18-16-29)43-34(39)26-9-13-31(14-10-26)44-36-21-19-27(20-22-36)35(2)3/h4,7-22H,1,5-6,23-24H2,2-3H3/q+1. The Bertz CT molecular complexity index is 1550. The minimum absolute atomic E-state index is 0.296. The van der Waals surface area contributed by atoms with Crippen LogP contribution >= 0.6 is 0 Å². The molecule has 1 heterocycles. The molecule has 0 aliphatic heterocycles. The second-order valence-electron chi connectivity index (χ2n) is 9.63. The number of unbranched alkanes of at least 4 members (excludes halogenated alkanes) is 1. The third kappa shape index (κ3) is 9.45. The molecule has 0 fully saturated rings. The lowest BCUT2D eigenvalue weighted by Gasteiger charge is -2.10. The Morgan fingerprint density at radius 3 is 1.66 bits per heavy atom. The maximum absolute atomic E-state index is 12.6. The molecule has 0 atom stereocenters. The SMILES string of the molecule is C=CC(=O)OCCCCOc1ccc(C(=O)Oc2ccc(OC(=O)c3ccc(O[n+]4ccc(N(C)C)cc4)cc3)cc2)cc1. The minimum Gasteiger partial charge on any atom is -0.494 e. The zero-order chi connectivity index (χ0) is 31.3. The average Bonchev–Trinajstić information content (AvgIpc) is 3.04. The molecule has 10 nitrogen and oxygen atoms in total. The summed E-state index contributed by atoms with van der Waals surface area (Å²) in [6.07, 6.45) is 6.08. The van der Waals surface area contributed by atoms with Crippen LogP contribution in [0.3, 0.4) is 0 Å². The molecular weight excluding hydrogens is 564 g/mol. The van der Waals surface area contributed by atoms with Crippen molar-refractivity contribution in [2.24, 2.45) is 0 Å². The van der Waals surface area contributed by atoms with E-state index < -0.39 is 17.9 Å². The number of rotatable bonds is 14. The van der Waals surface area contributed by atoms with E-state index >= 15 is 0 Å². The summed E-state index contributed by atoms with van der Waals surface area (Å²) in [4.78, 5) is 43.9. The first-order valence-corrected chi connectivity index (χ1v) is 13.8. The summed E-state index contributed by atoms with van der Waals surface area (Å²) in [7, 11) is 3.92. The van der Waals surface area contributed by atoms with Gasteiger partial charge in [0.25, 0.3) is 0 Å². The third-order valence-electron chi connectivity index (χ3n) is 6.15. The number of ether oxygens (including phenoxy) is 4. The molecule has 0 N–H and O–H groups in total. The minimum atomic E-state index is -0.542. The first-order chi connectivity index (χ1) is 21.3. The number of carbonyl (C=O) groups excluding carboxylic acids is 3. The fraction of sp³-hybridized carbons (Fsp3) is 0.176. The largest absolute Gasteiger partial charge is 0.494 e. The lowest BCUT2D eigenvalue weighted by molar-refractivity contribution is -0.875. The molecule has 4 aromatic rings. The predicted octanol–water partition coefficient (Wildman–Crippen LogP) is 5.21. The van der Waals surface area contributed by atoms with Gasteiger partial charge in [-0.3, -0.25) is 0 Å². The molecule has 3 aromatic carbocycles. The molecule has 0 saturated heterocycles. The summed E-state index contributed by atoms with van der Waals surface area (Å²) < 4.78 is 23.0. The van der Waals surface area contributed by atoms with Crippen LogP contribution in [0.2, 0.25) is 0 Å². The van der Waals surface area contributed by atoms with E-state index in [4.69, 9.17) is 23.8 Å². The fourth-order valence-corrected chi connectivity index (χ4v) is 3.76. The van der Waals surface area contributed by atoms with Crippen LogP contribution in [0.15, 0.2) is 110 Å². The van der Waals surface area contributed by atoms with Gasteiger partial charge in [0.05, 0.1) is 24.3 Å². The molecule has 4 rings (SSSR count). The van der Waals surface area contributed by atoms with Crippen molar-refractivity contribution in [3.63, 3.8) is 0 Å². The number of aromatic nitrogens is 1. The second-order valence-corrected chi connectivity index (χ2v) is 9.63. The van der Waals surface area contributed by atoms with E-state index in [9.17, 15) is 14.4 Å². The highest BCUT2D eigenvalue weighted by Crippen LogP contribution is 2.21. The molecule has 0 bridgehead atoms. The van der Waals surface area contributed by atoms with Gasteiger partial charge in [0.2, 0.25) is 18.1 Å². The van der Waals surface area contributed by atoms with Crippen LogP contribution in [0.25, 0.3) is 0 Å². The number of pyridine rings is 1. The summed E-state index contributed by atoms with van der Waals surface area (Å²) in [6.45, 7) is 4.09. The smallest absolute Gasteiger partial charge is 0.343 e. The number of hydrogen-bond donors (Lipinski definition) is 0. The highest BCUT2D eigenvalue weighted by Gasteiger charge is 2.13. The van der Waals surface area contributed by atoms with Crippen molar-refractivity contribution in [3.05, 3.63) is 121 Å². The first-order valence-electron chi connectivity index (χ1n) is 13.8. The van der Waals surface area contributed by atoms with Crippen LogP contribution < -0.4 is 28.7 Å². The molecule has 1 aromatic heterocycles. The van der Waals surface area contributed by atoms with Crippen molar-refractivity contribution >= 4 is 23.6 Å². The van der Waals surface area contributed by atoms with Gasteiger partial charge in [0, 0.05) is 42.7 Å². The first kappa shape index (κ1) is 31.3. The summed E-state index contributed by atoms with van der Waals surface area (Å²) in [5, 5.41) is 0. The van der Waals surface area contributed by atoms with Gasteiger partial charge < -0.3 is 23.8 Å². The Morgan fingerprint density at radius 1 is 0.682 bits per heavy atom. The number of benzene rings is 3. The molecular formula is C34H33N2O8+. The lowest BCUT2D eigenvalue weighted by Crippen LogP contribution is -2.38. The molecule has 0 amide bonds. The van der Waals surface area contributed by atoms with E-state index in [0.717, 1.165) is 11.8 Å². The average molecular weight is 598 g/mol. The molecule has 0 spiro atoms. The Kier molecular flexibility index (Phi) is 11.1. The van der Waals surface area contributed by atoms with E-state index in [2.05, 4.69) is 6.58 Å². The Labute approximate surface area is 255 Å². The predicted molar refractivity (Wildman–Crippen MR) is 162 cm³/mol. The molecule has 0 unspecified atom stereocenters. The van der Waals surface area contributed by atoms with Crippen LogP contribution in [0.5, 0.6) is 23.0 Å². The van der Waals surface area contributed by atoms with Gasteiger partial charge in [0.1, 0.15) is 17.2 Å². The molecule has 0 aliphatic rings. The number of anilines is 1. The Morgan fingerprint density at radius 2 is 1.16 bits per heavy atom. The zero-order valence-electron chi connectivity index (χ0n) is 24.5. The molecule has 226 valence electrons. The van der Waals surface area contributed by atoms with Crippen molar-refractivity contribution in [1.29, 1.82) is 0 Å². The highest BCUT2D eigenvalue weighted by molar-refractivity contribution is 5.92. The van der Waals surface area contributed by atoms with E-state index in [0.29, 0.717) is 60.2 Å². The summed E-state index contributed by atoms with van der Waals surface area (Å²) in [6, 6.07) is 23.2. The van der Waals surface area contributed by atoms with Crippen molar-refractivity contribution in [1.82, 2.24) is 0 Å². The Hall–Kier alpha value is -5.64. The van der Waals surface area contributed by atoms with Gasteiger partial charge in [-0.05, 0) is 85.6 Å². The van der Waals surface area contributed by atoms with Gasteiger partial charge in [-0.25, -0.2) is 19.2 Å². The summed E-state index contributed by atoms with van der Waals surface area (Å²) in [5.74, 6) is 0.225. The molecule has 10 heteroatoms. The quantitative estimate of drug-likeness (QED) is 0.0637. The fourth-order valence-electron chi connectivity index (χ4n) is 3.76. The van der Waals surface area contributed by atoms with Crippen LogP contribution in [0.1, 0.15) is 33.6 Å². The third-order valence-corrected chi connectivity index (χ3v) is 6.15. The molecule has 44 heavy (non-hydrogen) atoms. The normalized spacial score (nSPS) is 10.3. The second kappa shape index (κ2) is 15.5.